The Balaban J connectivity index is 1.57. The molecule has 0 aliphatic carbocycles. The van der Waals surface area contributed by atoms with Crippen LogP contribution in [0.4, 0.5) is 0 Å². The fraction of sp³-hybridized carbons (Fsp3) is 0.154. The molecule has 0 saturated heterocycles. The molecule has 1 heterocycles. The van der Waals surface area contributed by atoms with Crippen molar-refractivity contribution in [3.8, 4) is 11.5 Å². The SMILES string of the molecule is COc1cc(/C=C2/N=C(c3cccc(C)c3)OC2=O)ccc1O[C@H](C)c1ccccc1. The predicted molar refractivity (Wildman–Crippen MR) is 120 cm³/mol. The Labute approximate surface area is 181 Å². The smallest absolute Gasteiger partial charge is 0.363 e. The molecule has 5 heteroatoms. The Morgan fingerprint density at radius 1 is 0.968 bits per heavy atom. The molecule has 1 atom stereocenters. The number of cyclic esters (lactones) is 1. The molecule has 3 aromatic carbocycles. The molecule has 5 nitrogen and oxygen atoms in total. The van der Waals surface area contributed by atoms with Crippen molar-refractivity contribution in [1.82, 2.24) is 0 Å². The largest absolute Gasteiger partial charge is 0.493 e. The average molecular weight is 413 g/mol. The van der Waals surface area contributed by atoms with E-state index in [-0.39, 0.29) is 11.8 Å². The van der Waals surface area contributed by atoms with E-state index < -0.39 is 5.97 Å². The summed E-state index contributed by atoms with van der Waals surface area (Å²) in [6, 6.07) is 23.1. The molecule has 0 unspecified atom stereocenters. The molecule has 0 spiro atoms. The summed E-state index contributed by atoms with van der Waals surface area (Å²) in [6.45, 7) is 3.97. The molecular formula is C26H23NO4. The van der Waals surface area contributed by atoms with Crippen LogP contribution in [-0.4, -0.2) is 19.0 Å². The van der Waals surface area contributed by atoms with Crippen LogP contribution in [0, 0.1) is 6.92 Å². The number of rotatable bonds is 6. The maximum absolute atomic E-state index is 12.3. The lowest BCUT2D eigenvalue weighted by Gasteiger charge is -2.17. The highest BCUT2D eigenvalue weighted by Crippen LogP contribution is 2.33. The molecule has 0 radical (unpaired) electrons. The number of benzene rings is 3. The topological polar surface area (TPSA) is 57.1 Å². The Bertz CT molecular complexity index is 1170. The predicted octanol–water partition coefficient (Wildman–Crippen LogP) is 5.49. The monoisotopic (exact) mass is 413 g/mol. The maximum atomic E-state index is 12.3. The van der Waals surface area contributed by atoms with Gasteiger partial charge in [0.05, 0.1) is 7.11 Å². The van der Waals surface area contributed by atoms with Crippen molar-refractivity contribution in [3.05, 3.63) is 101 Å². The lowest BCUT2D eigenvalue weighted by atomic mass is 10.1. The Morgan fingerprint density at radius 2 is 1.77 bits per heavy atom. The molecule has 1 aliphatic heterocycles. The second-order valence-corrected chi connectivity index (χ2v) is 7.29. The number of carbonyl (C=O) groups excluding carboxylic acids is 1. The second-order valence-electron chi connectivity index (χ2n) is 7.29. The first kappa shape index (κ1) is 20.4. The standard InChI is InChI=1S/C26H23NO4/c1-17-8-7-11-21(14-17)25-27-22(26(28)31-25)15-19-12-13-23(24(16-19)29-3)30-18(2)20-9-5-4-6-10-20/h4-16,18H,1-3H3/b22-15+/t18-/m1/s1. The molecule has 0 aromatic heterocycles. The van der Waals surface area contributed by atoms with Gasteiger partial charge < -0.3 is 14.2 Å². The number of hydrogen-bond acceptors (Lipinski definition) is 5. The molecule has 0 fully saturated rings. The Hall–Kier alpha value is -3.86. The fourth-order valence-electron chi connectivity index (χ4n) is 3.32. The first-order valence-electron chi connectivity index (χ1n) is 10.0. The highest BCUT2D eigenvalue weighted by molar-refractivity contribution is 6.12. The van der Waals surface area contributed by atoms with Crippen molar-refractivity contribution in [2.45, 2.75) is 20.0 Å². The summed E-state index contributed by atoms with van der Waals surface area (Å²) < 4.78 is 17.0. The number of carbonyl (C=O) groups is 1. The highest BCUT2D eigenvalue weighted by Gasteiger charge is 2.24. The number of methoxy groups -OCH3 is 1. The van der Waals surface area contributed by atoms with Crippen LogP contribution in [0.5, 0.6) is 11.5 Å². The van der Waals surface area contributed by atoms with Gasteiger partial charge in [-0.05, 0) is 55.3 Å². The van der Waals surface area contributed by atoms with E-state index in [9.17, 15) is 4.79 Å². The van der Waals surface area contributed by atoms with E-state index in [1.54, 1.807) is 13.2 Å². The van der Waals surface area contributed by atoms with Crippen LogP contribution < -0.4 is 9.47 Å². The molecule has 0 saturated carbocycles. The van der Waals surface area contributed by atoms with E-state index in [0.717, 1.165) is 22.3 Å². The minimum absolute atomic E-state index is 0.134. The van der Waals surface area contributed by atoms with E-state index in [0.29, 0.717) is 17.4 Å². The van der Waals surface area contributed by atoms with Crippen molar-refractivity contribution in [3.63, 3.8) is 0 Å². The lowest BCUT2D eigenvalue weighted by Crippen LogP contribution is -2.05. The van der Waals surface area contributed by atoms with Crippen LogP contribution in [0.25, 0.3) is 6.08 Å². The zero-order chi connectivity index (χ0) is 21.8. The first-order chi connectivity index (χ1) is 15.0. The fourth-order valence-corrected chi connectivity index (χ4v) is 3.32. The third-order valence-electron chi connectivity index (χ3n) is 4.95. The Kier molecular flexibility index (Phi) is 5.85. The van der Waals surface area contributed by atoms with Gasteiger partial charge in [-0.2, -0.15) is 0 Å². The summed E-state index contributed by atoms with van der Waals surface area (Å²) in [5.74, 6) is 1.03. The zero-order valence-corrected chi connectivity index (χ0v) is 17.7. The molecule has 0 N–H and O–H groups in total. The molecule has 4 rings (SSSR count). The molecule has 31 heavy (non-hydrogen) atoms. The normalized spacial score (nSPS) is 15.4. The third-order valence-corrected chi connectivity index (χ3v) is 4.95. The van der Waals surface area contributed by atoms with Gasteiger partial charge in [0, 0.05) is 5.56 Å². The first-order valence-corrected chi connectivity index (χ1v) is 10.0. The van der Waals surface area contributed by atoms with Crippen LogP contribution in [0.1, 0.15) is 35.3 Å². The number of aryl methyl sites for hydroxylation is 1. The number of hydrogen-bond donors (Lipinski definition) is 0. The Morgan fingerprint density at radius 3 is 2.52 bits per heavy atom. The quantitative estimate of drug-likeness (QED) is 0.396. The molecule has 3 aromatic rings. The van der Waals surface area contributed by atoms with Crippen molar-refractivity contribution in [2.75, 3.05) is 7.11 Å². The number of esters is 1. The summed E-state index contributed by atoms with van der Waals surface area (Å²) in [5.41, 5.74) is 3.91. The van der Waals surface area contributed by atoms with Gasteiger partial charge >= 0.3 is 5.97 Å². The number of ether oxygens (including phenoxy) is 3. The van der Waals surface area contributed by atoms with E-state index in [1.165, 1.54) is 0 Å². The van der Waals surface area contributed by atoms with Gasteiger partial charge in [0.2, 0.25) is 5.90 Å². The van der Waals surface area contributed by atoms with Gasteiger partial charge in [0.15, 0.2) is 17.2 Å². The minimum atomic E-state index is -0.478. The molecule has 156 valence electrons. The van der Waals surface area contributed by atoms with Gasteiger partial charge in [0.25, 0.3) is 0 Å². The van der Waals surface area contributed by atoms with Crippen LogP contribution in [-0.2, 0) is 9.53 Å². The molecule has 1 aliphatic rings. The van der Waals surface area contributed by atoms with Crippen molar-refractivity contribution in [2.24, 2.45) is 4.99 Å². The zero-order valence-electron chi connectivity index (χ0n) is 17.7. The van der Waals surface area contributed by atoms with Gasteiger partial charge in [-0.15, -0.1) is 0 Å². The molecule has 0 bridgehead atoms. The van der Waals surface area contributed by atoms with Crippen molar-refractivity contribution in [1.29, 1.82) is 0 Å². The van der Waals surface area contributed by atoms with E-state index in [2.05, 4.69) is 4.99 Å². The van der Waals surface area contributed by atoms with Crippen LogP contribution in [0.3, 0.4) is 0 Å². The van der Waals surface area contributed by atoms with Gasteiger partial charge in [-0.1, -0.05) is 54.1 Å². The minimum Gasteiger partial charge on any atom is -0.493 e. The molecule has 0 amide bonds. The summed E-state index contributed by atoms with van der Waals surface area (Å²) in [6.07, 6.45) is 1.54. The van der Waals surface area contributed by atoms with E-state index in [4.69, 9.17) is 14.2 Å². The summed E-state index contributed by atoms with van der Waals surface area (Å²) in [7, 11) is 1.59. The third kappa shape index (κ3) is 4.67. The molecular weight excluding hydrogens is 390 g/mol. The van der Waals surface area contributed by atoms with Gasteiger partial charge in [-0.25, -0.2) is 9.79 Å². The summed E-state index contributed by atoms with van der Waals surface area (Å²) in [5, 5.41) is 0. The van der Waals surface area contributed by atoms with E-state index in [1.807, 2.05) is 86.6 Å². The van der Waals surface area contributed by atoms with Gasteiger partial charge in [-0.3, -0.25) is 0 Å². The highest BCUT2D eigenvalue weighted by atomic mass is 16.6. The second kappa shape index (κ2) is 8.88. The van der Waals surface area contributed by atoms with Crippen LogP contribution in [0.2, 0.25) is 0 Å². The maximum Gasteiger partial charge on any atom is 0.363 e. The summed E-state index contributed by atoms with van der Waals surface area (Å²) >= 11 is 0. The number of aliphatic imine (C=N–C) groups is 1. The van der Waals surface area contributed by atoms with Crippen molar-refractivity contribution < 1.29 is 19.0 Å². The summed E-state index contributed by atoms with van der Waals surface area (Å²) in [4.78, 5) is 16.7. The van der Waals surface area contributed by atoms with E-state index >= 15 is 0 Å². The van der Waals surface area contributed by atoms with Crippen LogP contribution >= 0.6 is 0 Å². The average Bonchev–Trinajstić information content (AvgIpc) is 3.15. The number of nitrogens with zero attached hydrogens (tertiary/aromatic N) is 1. The lowest BCUT2D eigenvalue weighted by molar-refractivity contribution is -0.129. The van der Waals surface area contributed by atoms with Crippen molar-refractivity contribution >= 4 is 17.9 Å². The van der Waals surface area contributed by atoms with Gasteiger partial charge in [0.1, 0.15) is 6.10 Å². The van der Waals surface area contributed by atoms with Crippen LogP contribution in [0.15, 0.2) is 83.5 Å².